The van der Waals surface area contributed by atoms with Gasteiger partial charge >= 0.3 is 0 Å². The molecule has 1 aromatic carbocycles. The molecule has 19 heavy (non-hydrogen) atoms. The van der Waals surface area contributed by atoms with Gasteiger partial charge < -0.3 is 11.1 Å². The van der Waals surface area contributed by atoms with Crippen LogP contribution in [0.5, 0.6) is 0 Å². The van der Waals surface area contributed by atoms with Gasteiger partial charge in [0, 0.05) is 24.5 Å². The SMILES string of the molecule is CNC1CCN(Cc2nc(N)c3ccccc3n2)C1. The number of hydrogen-bond donors (Lipinski definition) is 2. The van der Waals surface area contributed by atoms with Gasteiger partial charge in [0.2, 0.25) is 0 Å². The summed E-state index contributed by atoms with van der Waals surface area (Å²) in [6.45, 7) is 2.90. The van der Waals surface area contributed by atoms with Crippen LogP contribution in [0.1, 0.15) is 12.2 Å². The van der Waals surface area contributed by atoms with Crippen molar-refractivity contribution in [3.05, 3.63) is 30.1 Å². The number of nitrogen functional groups attached to an aromatic ring is 1. The first-order valence-corrected chi connectivity index (χ1v) is 6.67. The molecule has 0 aliphatic carbocycles. The minimum atomic E-state index is 0.574. The van der Waals surface area contributed by atoms with Crippen molar-refractivity contribution >= 4 is 16.7 Å². The van der Waals surface area contributed by atoms with Crippen molar-refractivity contribution < 1.29 is 0 Å². The Kier molecular flexibility index (Phi) is 3.31. The molecule has 1 unspecified atom stereocenters. The smallest absolute Gasteiger partial charge is 0.145 e. The number of rotatable bonds is 3. The second-order valence-electron chi connectivity index (χ2n) is 5.05. The standard InChI is InChI=1S/C14H19N5/c1-16-10-6-7-19(8-10)9-13-17-12-5-3-2-4-11(12)14(15)18-13/h2-5,10,16H,6-9H2,1H3,(H2,15,17,18). The molecule has 2 heterocycles. The molecule has 100 valence electrons. The molecule has 5 heteroatoms. The van der Waals surface area contributed by atoms with Crippen molar-refractivity contribution in [1.29, 1.82) is 0 Å². The van der Waals surface area contributed by atoms with E-state index in [2.05, 4.69) is 20.2 Å². The van der Waals surface area contributed by atoms with E-state index in [1.807, 2.05) is 31.3 Å². The first-order valence-electron chi connectivity index (χ1n) is 6.67. The highest BCUT2D eigenvalue weighted by atomic mass is 15.2. The van der Waals surface area contributed by atoms with Gasteiger partial charge in [0.05, 0.1) is 12.1 Å². The highest BCUT2D eigenvalue weighted by Crippen LogP contribution is 2.18. The first kappa shape index (κ1) is 12.3. The van der Waals surface area contributed by atoms with Crippen molar-refractivity contribution in [3.63, 3.8) is 0 Å². The lowest BCUT2D eigenvalue weighted by molar-refractivity contribution is 0.314. The number of benzene rings is 1. The third-order valence-electron chi connectivity index (χ3n) is 3.72. The van der Waals surface area contributed by atoms with Crippen LogP contribution in [0.3, 0.4) is 0 Å². The van der Waals surface area contributed by atoms with Crippen LogP contribution in [-0.2, 0) is 6.54 Å². The Morgan fingerprint density at radius 1 is 1.37 bits per heavy atom. The molecule has 1 atom stereocenters. The number of fused-ring (bicyclic) bond motifs is 1. The van der Waals surface area contributed by atoms with E-state index in [0.717, 1.165) is 36.4 Å². The minimum absolute atomic E-state index is 0.574. The molecule has 1 aliphatic heterocycles. The Hall–Kier alpha value is -1.72. The number of likely N-dealkylation sites (tertiary alicyclic amines) is 1. The number of nitrogens with two attached hydrogens (primary N) is 1. The molecule has 2 aromatic rings. The van der Waals surface area contributed by atoms with Crippen molar-refractivity contribution in [2.45, 2.75) is 19.0 Å². The van der Waals surface area contributed by atoms with E-state index in [1.54, 1.807) is 0 Å². The van der Waals surface area contributed by atoms with E-state index in [4.69, 9.17) is 5.73 Å². The second kappa shape index (κ2) is 5.11. The van der Waals surface area contributed by atoms with Gasteiger partial charge in [0.25, 0.3) is 0 Å². The molecule has 0 saturated carbocycles. The van der Waals surface area contributed by atoms with Crippen LogP contribution in [0.15, 0.2) is 24.3 Å². The summed E-state index contributed by atoms with van der Waals surface area (Å²) < 4.78 is 0. The zero-order valence-electron chi connectivity index (χ0n) is 11.1. The van der Waals surface area contributed by atoms with Crippen molar-refractivity contribution in [1.82, 2.24) is 20.2 Å². The number of nitrogens with one attached hydrogen (secondary N) is 1. The van der Waals surface area contributed by atoms with Gasteiger partial charge in [0.1, 0.15) is 11.6 Å². The molecule has 1 aromatic heterocycles. The van der Waals surface area contributed by atoms with E-state index in [1.165, 1.54) is 6.42 Å². The fourth-order valence-corrected chi connectivity index (χ4v) is 2.63. The maximum absolute atomic E-state index is 6.00. The summed E-state index contributed by atoms with van der Waals surface area (Å²) in [4.78, 5) is 11.4. The molecule has 0 radical (unpaired) electrons. The number of nitrogens with zero attached hydrogens (tertiary/aromatic N) is 3. The van der Waals surface area contributed by atoms with Crippen molar-refractivity contribution in [2.75, 3.05) is 25.9 Å². The summed E-state index contributed by atoms with van der Waals surface area (Å²) in [6.07, 6.45) is 1.18. The Balaban J connectivity index is 1.82. The summed E-state index contributed by atoms with van der Waals surface area (Å²) >= 11 is 0. The Morgan fingerprint density at radius 2 is 2.21 bits per heavy atom. The molecule has 3 rings (SSSR count). The lowest BCUT2D eigenvalue weighted by Gasteiger charge is -2.15. The van der Waals surface area contributed by atoms with Crippen LogP contribution in [0.25, 0.3) is 10.9 Å². The molecule has 1 aliphatic rings. The number of likely N-dealkylation sites (N-methyl/N-ethyl adjacent to an activating group) is 1. The number of anilines is 1. The summed E-state index contributed by atoms with van der Waals surface area (Å²) in [5.41, 5.74) is 6.93. The van der Waals surface area contributed by atoms with Gasteiger partial charge in [-0.25, -0.2) is 9.97 Å². The minimum Gasteiger partial charge on any atom is -0.383 e. The molecule has 1 fully saturated rings. The van der Waals surface area contributed by atoms with Crippen molar-refractivity contribution in [2.24, 2.45) is 0 Å². The number of aromatic nitrogens is 2. The highest BCUT2D eigenvalue weighted by Gasteiger charge is 2.21. The fraction of sp³-hybridized carbons (Fsp3) is 0.429. The van der Waals surface area contributed by atoms with E-state index in [0.29, 0.717) is 11.9 Å². The molecular formula is C14H19N5. The van der Waals surface area contributed by atoms with Crippen LogP contribution < -0.4 is 11.1 Å². The number of para-hydroxylation sites is 1. The van der Waals surface area contributed by atoms with Crippen LogP contribution >= 0.6 is 0 Å². The fourth-order valence-electron chi connectivity index (χ4n) is 2.63. The second-order valence-corrected chi connectivity index (χ2v) is 5.05. The zero-order valence-corrected chi connectivity index (χ0v) is 11.1. The molecule has 1 saturated heterocycles. The molecule has 3 N–H and O–H groups in total. The average Bonchev–Trinajstić information content (AvgIpc) is 2.86. The van der Waals surface area contributed by atoms with Gasteiger partial charge in [-0.15, -0.1) is 0 Å². The van der Waals surface area contributed by atoms with Crippen LogP contribution in [0, 0.1) is 0 Å². The summed E-state index contributed by atoms with van der Waals surface area (Å²) in [5.74, 6) is 1.39. The van der Waals surface area contributed by atoms with E-state index in [-0.39, 0.29) is 0 Å². The maximum atomic E-state index is 6.00. The largest absolute Gasteiger partial charge is 0.383 e. The predicted octanol–water partition coefficient (Wildman–Crippen LogP) is 1.01. The Morgan fingerprint density at radius 3 is 3.00 bits per heavy atom. The van der Waals surface area contributed by atoms with E-state index in [9.17, 15) is 0 Å². The first-order chi connectivity index (χ1) is 9.26. The van der Waals surface area contributed by atoms with Crippen LogP contribution in [-0.4, -0.2) is 41.0 Å². The summed E-state index contributed by atoms with van der Waals surface area (Å²) in [6, 6.07) is 8.46. The van der Waals surface area contributed by atoms with Crippen LogP contribution in [0.4, 0.5) is 5.82 Å². The quantitative estimate of drug-likeness (QED) is 0.859. The Bertz CT molecular complexity index is 583. The molecular weight excluding hydrogens is 238 g/mol. The summed E-state index contributed by atoms with van der Waals surface area (Å²) in [5, 5.41) is 4.24. The monoisotopic (exact) mass is 257 g/mol. The summed E-state index contributed by atoms with van der Waals surface area (Å²) in [7, 11) is 2.01. The van der Waals surface area contributed by atoms with Gasteiger partial charge in [-0.3, -0.25) is 4.90 Å². The highest BCUT2D eigenvalue weighted by molar-refractivity contribution is 5.87. The normalized spacial score (nSPS) is 20.2. The average molecular weight is 257 g/mol. The van der Waals surface area contributed by atoms with Gasteiger partial charge in [-0.05, 0) is 25.6 Å². The van der Waals surface area contributed by atoms with Gasteiger partial charge in [0.15, 0.2) is 0 Å². The predicted molar refractivity (Wildman–Crippen MR) is 76.7 cm³/mol. The van der Waals surface area contributed by atoms with Crippen molar-refractivity contribution in [3.8, 4) is 0 Å². The maximum Gasteiger partial charge on any atom is 0.145 e. The number of hydrogen-bond acceptors (Lipinski definition) is 5. The van der Waals surface area contributed by atoms with Gasteiger partial charge in [-0.1, -0.05) is 12.1 Å². The molecule has 0 amide bonds. The molecule has 0 bridgehead atoms. The Labute approximate surface area is 112 Å². The third-order valence-corrected chi connectivity index (χ3v) is 3.72. The molecule has 0 spiro atoms. The third kappa shape index (κ3) is 2.52. The van der Waals surface area contributed by atoms with Crippen LogP contribution in [0.2, 0.25) is 0 Å². The zero-order chi connectivity index (χ0) is 13.2. The van der Waals surface area contributed by atoms with E-state index < -0.39 is 0 Å². The topological polar surface area (TPSA) is 67.1 Å². The van der Waals surface area contributed by atoms with E-state index >= 15 is 0 Å². The van der Waals surface area contributed by atoms with Gasteiger partial charge in [-0.2, -0.15) is 0 Å². The lowest BCUT2D eigenvalue weighted by atomic mass is 10.2. The molecule has 5 nitrogen and oxygen atoms in total. The lowest BCUT2D eigenvalue weighted by Crippen LogP contribution is -2.29.